The van der Waals surface area contributed by atoms with Gasteiger partial charge in [0.1, 0.15) is 0 Å². The lowest BCUT2D eigenvalue weighted by Gasteiger charge is -2.18. The molecular formula is C16H16N4. The molecule has 2 heterocycles. The van der Waals surface area contributed by atoms with Crippen molar-refractivity contribution in [3.8, 4) is 0 Å². The van der Waals surface area contributed by atoms with Gasteiger partial charge in [0.15, 0.2) is 0 Å². The molecule has 1 aromatic carbocycles. The summed E-state index contributed by atoms with van der Waals surface area (Å²) >= 11 is 0. The van der Waals surface area contributed by atoms with E-state index in [-0.39, 0.29) is 6.04 Å². The van der Waals surface area contributed by atoms with Crippen LogP contribution in [-0.4, -0.2) is 9.97 Å². The second kappa shape index (κ2) is 5.17. The Balaban J connectivity index is 1.93. The van der Waals surface area contributed by atoms with Crippen molar-refractivity contribution in [1.82, 2.24) is 9.97 Å². The van der Waals surface area contributed by atoms with E-state index in [0.29, 0.717) is 0 Å². The number of rotatable bonds is 3. The molecule has 0 radical (unpaired) electrons. The molecule has 4 nitrogen and oxygen atoms in total. The Morgan fingerprint density at radius 3 is 2.55 bits per heavy atom. The SMILES string of the molecule is CC(Nc1ccc2cnccc2c1N)c1ccncc1. The molecule has 0 aliphatic heterocycles. The minimum Gasteiger partial charge on any atom is -0.397 e. The zero-order valence-electron chi connectivity index (χ0n) is 11.2. The van der Waals surface area contributed by atoms with Crippen LogP contribution in [0.15, 0.2) is 55.1 Å². The molecule has 1 unspecified atom stereocenters. The first-order chi connectivity index (χ1) is 9.75. The summed E-state index contributed by atoms with van der Waals surface area (Å²) in [5.41, 5.74) is 9.11. The first kappa shape index (κ1) is 12.4. The lowest BCUT2D eigenvalue weighted by molar-refractivity contribution is 0.882. The predicted molar refractivity (Wildman–Crippen MR) is 82.4 cm³/mol. The van der Waals surface area contributed by atoms with Gasteiger partial charge in [-0.25, -0.2) is 0 Å². The maximum absolute atomic E-state index is 6.24. The zero-order chi connectivity index (χ0) is 13.9. The van der Waals surface area contributed by atoms with Gasteiger partial charge in [0.25, 0.3) is 0 Å². The molecule has 0 aliphatic carbocycles. The summed E-state index contributed by atoms with van der Waals surface area (Å²) in [6, 6.07) is 10.1. The zero-order valence-corrected chi connectivity index (χ0v) is 11.2. The van der Waals surface area contributed by atoms with E-state index in [2.05, 4.69) is 22.2 Å². The summed E-state index contributed by atoms with van der Waals surface area (Å²) in [5, 5.41) is 5.51. The van der Waals surface area contributed by atoms with E-state index in [0.717, 1.165) is 22.1 Å². The van der Waals surface area contributed by atoms with Gasteiger partial charge in [-0.15, -0.1) is 0 Å². The fourth-order valence-electron chi connectivity index (χ4n) is 2.29. The van der Waals surface area contributed by atoms with Gasteiger partial charge in [-0.05, 0) is 36.8 Å². The van der Waals surface area contributed by atoms with Crippen LogP contribution in [0.2, 0.25) is 0 Å². The number of hydrogen-bond donors (Lipinski definition) is 2. The number of hydrogen-bond acceptors (Lipinski definition) is 4. The second-order valence-corrected chi connectivity index (χ2v) is 4.77. The maximum atomic E-state index is 6.24. The van der Waals surface area contributed by atoms with Crippen LogP contribution in [0.3, 0.4) is 0 Å². The fourth-order valence-corrected chi connectivity index (χ4v) is 2.29. The van der Waals surface area contributed by atoms with E-state index < -0.39 is 0 Å². The largest absolute Gasteiger partial charge is 0.397 e. The Bertz CT molecular complexity index is 725. The van der Waals surface area contributed by atoms with Crippen molar-refractivity contribution in [1.29, 1.82) is 0 Å². The molecule has 3 rings (SSSR count). The standard InChI is InChI=1S/C16H16N4/c1-11(12-4-7-18-8-5-12)20-15-3-2-13-10-19-9-6-14(13)16(15)17/h2-11,20H,17H2,1H3. The van der Waals surface area contributed by atoms with Crippen molar-refractivity contribution < 1.29 is 0 Å². The first-order valence-corrected chi connectivity index (χ1v) is 6.54. The van der Waals surface area contributed by atoms with Crippen molar-refractivity contribution in [2.45, 2.75) is 13.0 Å². The van der Waals surface area contributed by atoms with E-state index in [1.165, 1.54) is 5.56 Å². The minimum absolute atomic E-state index is 0.166. The predicted octanol–water partition coefficient (Wildman–Crippen LogP) is 3.39. The van der Waals surface area contributed by atoms with Crippen molar-refractivity contribution in [2.24, 2.45) is 0 Å². The Morgan fingerprint density at radius 1 is 1.00 bits per heavy atom. The molecule has 2 aromatic heterocycles. The molecule has 0 amide bonds. The lowest BCUT2D eigenvalue weighted by atomic mass is 10.1. The molecule has 100 valence electrons. The number of nitrogens with two attached hydrogens (primary N) is 1. The van der Waals surface area contributed by atoms with Gasteiger partial charge >= 0.3 is 0 Å². The Labute approximate surface area is 117 Å². The highest BCUT2D eigenvalue weighted by Crippen LogP contribution is 2.30. The van der Waals surface area contributed by atoms with Crippen LogP contribution in [-0.2, 0) is 0 Å². The Morgan fingerprint density at radius 2 is 1.75 bits per heavy atom. The number of benzene rings is 1. The van der Waals surface area contributed by atoms with Gasteiger partial charge < -0.3 is 11.1 Å². The van der Waals surface area contributed by atoms with Crippen LogP contribution in [0.1, 0.15) is 18.5 Å². The number of nitrogen functional groups attached to an aromatic ring is 1. The molecule has 1 atom stereocenters. The third kappa shape index (κ3) is 2.28. The van der Waals surface area contributed by atoms with E-state index >= 15 is 0 Å². The molecule has 0 saturated heterocycles. The second-order valence-electron chi connectivity index (χ2n) is 4.77. The fraction of sp³-hybridized carbons (Fsp3) is 0.125. The van der Waals surface area contributed by atoms with Crippen LogP contribution >= 0.6 is 0 Å². The van der Waals surface area contributed by atoms with E-state index in [9.17, 15) is 0 Å². The average Bonchev–Trinajstić information content (AvgIpc) is 2.51. The van der Waals surface area contributed by atoms with Crippen LogP contribution in [0.25, 0.3) is 10.8 Å². The van der Waals surface area contributed by atoms with Gasteiger partial charge in [0, 0.05) is 41.6 Å². The molecule has 0 aliphatic rings. The van der Waals surface area contributed by atoms with Crippen LogP contribution in [0.5, 0.6) is 0 Å². The molecule has 0 bridgehead atoms. The summed E-state index contributed by atoms with van der Waals surface area (Å²) in [6.45, 7) is 2.10. The Hall–Kier alpha value is -2.62. The van der Waals surface area contributed by atoms with Crippen LogP contribution < -0.4 is 11.1 Å². The highest BCUT2D eigenvalue weighted by molar-refractivity contribution is 5.98. The quantitative estimate of drug-likeness (QED) is 0.712. The molecule has 3 N–H and O–H groups in total. The van der Waals surface area contributed by atoms with Crippen molar-refractivity contribution >= 4 is 22.1 Å². The molecule has 20 heavy (non-hydrogen) atoms. The summed E-state index contributed by atoms with van der Waals surface area (Å²) < 4.78 is 0. The van der Waals surface area contributed by atoms with Gasteiger partial charge in [-0.1, -0.05) is 6.07 Å². The molecule has 0 spiro atoms. The number of nitrogens with zero attached hydrogens (tertiary/aromatic N) is 2. The summed E-state index contributed by atoms with van der Waals surface area (Å²) in [5.74, 6) is 0. The van der Waals surface area contributed by atoms with Gasteiger partial charge in [-0.3, -0.25) is 9.97 Å². The normalized spacial score (nSPS) is 12.2. The smallest absolute Gasteiger partial charge is 0.0630 e. The van der Waals surface area contributed by atoms with Crippen molar-refractivity contribution in [3.63, 3.8) is 0 Å². The summed E-state index contributed by atoms with van der Waals surface area (Å²) in [6.07, 6.45) is 7.17. The van der Waals surface area contributed by atoms with Crippen molar-refractivity contribution in [3.05, 3.63) is 60.7 Å². The number of anilines is 2. The summed E-state index contributed by atoms with van der Waals surface area (Å²) in [4.78, 5) is 8.14. The molecule has 4 heteroatoms. The Kier molecular flexibility index (Phi) is 3.21. The number of aromatic nitrogens is 2. The molecule has 0 fully saturated rings. The van der Waals surface area contributed by atoms with Gasteiger partial charge in [0.2, 0.25) is 0 Å². The highest BCUT2D eigenvalue weighted by atomic mass is 14.9. The van der Waals surface area contributed by atoms with E-state index in [1.54, 1.807) is 18.6 Å². The molecule has 0 saturated carbocycles. The third-order valence-electron chi connectivity index (χ3n) is 3.44. The summed E-state index contributed by atoms with van der Waals surface area (Å²) in [7, 11) is 0. The monoisotopic (exact) mass is 264 g/mol. The topological polar surface area (TPSA) is 63.8 Å². The van der Waals surface area contributed by atoms with E-state index in [1.807, 2.05) is 36.5 Å². The van der Waals surface area contributed by atoms with Crippen LogP contribution in [0, 0.1) is 0 Å². The lowest BCUT2D eigenvalue weighted by Crippen LogP contribution is -2.08. The maximum Gasteiger partial charge on any atom is 0.0630 e. The first-order valence-electron chi connectivity index (χ1n) is 6.54. The van der Waals surface area contributed by atoms with E-state index in [4.69, 9.17) is 5.73 Å². The number of nitrogens with one attached hydrogen (secondary N) is 1. The third-order valence-corrected chi connectivity index (χ3v) is 3.44. The van der Waals surface area contributed by atoms with Gasteiger partial charge in [-0.2, -0.15) is 0 Å². The van der Waals surface area contributed by atoms with Gasteiger partial charge in [0.05, 0.1) is 11.4 Å². The highest BCUT2D eigenvalue weighted by Gasteiger charge is 2.09. The number of fused-ring (bicyclic) bond motifs is 1. The minimum atomic E-state index is 0.166. The van der Waals surface area contributed by atoms with Crippen molar-refractivity contribution in [2.75, 3.05) is 11.1 Å². The van der Waals surface area contributed by atoms with Crippen LogP contribution in [0.4, 0.5) is 11.4 Å². The molecule has 3 aromatic rings. The number of pyridine rings is 2. The molecular weight excluding hydrogens is 248 g/mol. The average molecular weight is 264 g/mol.